The summed E-state index contributed by atoms with van der Waals surface area (Å²) in [4.78, 5) is 2.30. The van der Waals surface area contributed by atoms with Crippen LogP contribution in [0, 0.1) is 0 Å². The zero-order chi connectivity index (χ0) is 10.8. The van der Waals surface area contributed by atoms with Crippen molar-refractivity contribution in [2.24, 2.45) is 0 Å². The molecule has 1 nitrogen and oxygen atoms in total. The molecule has 0 atom stereocenters. The highest BCUT2D eigenvalue weighted by molar-refractivity contribution is 5.99. The summed E-state index contributed by atoms with van der Waals surface area (Å²) >= 11 is 0. The largest absolute Gasteiger partial charge is 0.370 e. The molecule has 0 bridgehead atoms. The lowest BCUT2D eigenvalue weighted by molar-refractivity contribution is 0.967. The van der Waals surface area contributed by atoms with E-state index in [0.29, 0.717) is 0 Å². The van der Waals surface area contributed by atoms with Crippen molar-refractivity contribution in [3.8, 4) is 0 Å². The number of nitrogens with zero attached hydrogens (tertiary/aromatic N) is 1. The van der Waals surface area contributed by atoms with Gasteiger partial charge in [0.15, 0.2) is 0 Å². The Morgan fingerprint density at radius 2 is 1.67 bits per heavy atom. The van der Waals surface area contributed by atoms with E-state index in [0.717, 1.165) is 6.54 Å². The highest BCUT2D eigenvalue weighted by Gasteiger charge is 2.16. The van der Waals surface area contributed by atoms with Crippen molar-refractivity contribution in [1.29, 1.82) is 0 Å². The Balaban J connectivity index is 0.000000404. The zero-order valence-corrected chi connectivity index (χ0v) is 9.62. The molecule has 1 aliphatic heterocycles. The van der Waals surface area contributed by atoms with Crippen LogP contribution < -0.4 is 4.90 Å². The average Bonchev–Trinajstić information content (AvgIpc) is 2.62. The molecule has 0 aromatic heterocycles. The Bertz CT molecular complexity index is 468. The molecule has 0 saturated heterocycles. The van der Waals surface area contributed by atoms with Crippen LogP contribution in [0.4, 0.5) is 5.69 Å². The predicted molar refractivity (Wildman–Crippen MR) is 67.4 cm³/mol. The second-order valence-electron chi connectivity index (χ2n) is 3.65. The van der Waals surface area contributed by atoms with Crippen LogP contribution in [0.3, 0.4) is 0 Å². The van der Waals surface area contributed by atoms with E-state index in [2.05, 4.69) is 48.3 Å². The number of hydrogen-bond donors (Lipinski definition) is 0. The first-order valence-electron chi connectivity index (χ1n) is 5.58. The highest BCUT2D eigenvalue weighted by atomic mass is 15.1. The average molecular weight is 199 g/mol. The molecule has 2 aromatic carbocycles. The lowest BCUT2D eigenvalue weighted by Gasteiger charge is -2.10. The van der Waals surface area contributed by atoms with Crippen LogP contribution in [0.2, 0.25) is 0 Å². The molecular formula is C14H17N. The first-order chi connectivity index (χ1) is 7.36. The molecular weight excluding hydrogens is 182 g/mol. The van der Waals surface area contributed by atoms with E-state index < -0.39 is 0 Å². The summed E-state index contributed by atoms with van der Waals surface area (Å²) in [5.41, 5.74) is 2.82. The summed E-state index contributed by atoms with van der Waals surface area (Å²) in [5.74, 6) is 0. The van der Waals surface area contributed by atoms with Gasteiger partial charge >= 0.3 is 0 Å². The van der Waals surface area contributed by atoms with Crippen LogP contribution in [0.25, 0.3) is 10.8 Å². The van der Waals surface area contributed by atoms with Crippen LogP contribution in [0.15, 0.2) is 36.4 Å². The Labute approximate surface area is 91.3 Å². The Morgan fingerprint density at radius 3 is 2.40 bits per heavy atom. The summed E-state index contributed by atoms with van der Waals surface area (Å²) in [5, 5.41) is 2.80. The number of anilines is 1. The van der Waals surface area contributed by atoms with Crippen molar-refractivity contribution in [1.82, 2.24) is 0 Å². The van der Waals surface area contributed by atoms with Crippen LogP contribution in [-0.4, -0.2) is 7.05 Å². The lowest BCUT2D eigenvalue weighted by atomic mass is 10.1. The van der Waals surface area contributed by atoms with Gasteiger partial charge in [0.1, 0.15) is 0 Å². The maximum atomic E-state index is 2.30. The predicted octanol–water partition coefficient (Wildman–Crippen LogP) is 3.82. The minimum Gasteiger partial charge on any atom is -0.370 e. The number of hydrogen-bond acceptors (Lipinski definition) is 1. The van der Waals surface area contributed by atoms with E-state index in [1.165, 1.54) is 22.0 Å². The standard InChI is InChI=1S/C12H11N.C2H6/c1-13-8-10-6-2-4-9-5-3-7-11(13)12(9)10;1-2/h2-7H,8H2,1H3;1-2H3. The normalized spacial score (nSPS) is 12.6. The van der Waals surface area contributed by atoms with Gasteiger partial charge in [-0.25, -0.2) is 0 Å². The maximum Gasteiger partial charge on any atom is 0.0449 e. The van der Waals surface area contributed by atoms with E-state index >= 15 is 0 Å². The highest BCUT2D eigenvalue weighted by Crippen LogP contribution is 2.35. The van der Waals surface area contributed by atoms with Gasteiger partial charge in [-0.3, -0.25) is 0 Å². The van der Waals surface area contributed by atoms with Gasteiger partial charge in [-0.1, -0.05) is 44.2 Å². The van der Waals surface area contributed by atoms with E-state index in [4.69, 9.17) is 0 Å². The maximum absolute atomic E-state index is 2.30. The molecule has 2 aromatic rings. The van der Waals surface area contributed by atoms with Gasteiger partial charge in [-0.2, -0.15) is 0 Å². The monoisotopic (exact) mass is 199 g/mol. The van der Waals surface area contributed by atoms with Crippen molar-refractivity contribution in [2.75, 3.05) is 11.9 Å². The van der Waals surface area contributed by atoms with E-state index in [1.807, 2.05) is 13.8 Å². The molecule has 1 aliphatic rings. The molecule has 0 N–H and O–H groups in total. The second kappa shape index (κ2) is 3.93. The van der Waals surface area contributed by atoms with Gasteiger partial charge < -0.3 is 4.90 Å². The van der Waals surface area contributed by atoms with Crippen LogP contribution >= 0.6 is 0 Å². The SMILES string of the molecule is CC.CN1Cc2cccc3cccc1c23. The van der Waals surface area contributed by atoms with E-state index in [9.17, 15) is 0 Å². The summed E-state index contributed by atoms with van der Waals surface area (Å²) in [6.45, 7) is 5.05. The smallest absolute Gasteiger partial charge is 0.0449 e. The Hall–Kier alpha value is -1.50. The third-order valence-corrected chi connectivity index (χ3v) is 2.79. The van der Waals surface area contributed by atoms with Gasteiger partial charge in [0.05, 0.1) is 0 Å². The van der Waals surface area contributed by atoms with E-state index in [-0.39, 0.29) is 0 Å². The molecule has 0 saturated carbocycles. The van der Waals surface area contributed by atoms with Crippen molar-refractivity contribution in [2.45, 2.75) is 20.4 Å². The summed E-state index contributed by atoms with van der Waals surface area (Å²) in [7, 11) is 2.15. The first-order valence-corrected chi connectivity index (χ1v) is 5.58. The molecule has 78 valence electrons. The van der Waals surface area contributed by atoms with Crippen LogP contribution in [0.1, 0.15) is 19.4 Å². The zero-order valence-electron chi connectivity index (χ0n) is 9.62. The van der Waals surface area contributed by atoms with Crippen LogP contribution in [-0.2, 0) is 6.54 Å². The molecule has 0 spiro atoms. The van der Waals surface area contributed by atoms with Gasteiger partial charge in [0.2, 0.25) is 0 Å². The molecule has 0 amide bonds. The van der Waals surface area contributed by atoms with Crippen molar-refractivity contribution < 1.29 is 0 Å². The molecule has 0 fully saturated rings. The topological polar surface area (TPSA) is 3.24 Å². The van der Waals surface area contributed by atoms with E-state index in [1.54, 1.807) is 0 Å². The van der Waals surface area contributed by atoms with Gasteiger partial charge in [-0.05, 0) is 17.0 Å². The fraction of sp³-hybridized carbons (Fsp3) is 0.286. The minimum atomic E-state index is 1.05. The Morgan fingerprint density at radius 1 is 1.00 bits per heavy atom. The summed E-state index contributed by atoms with van der Waals surface area (Å²) in [6, 6.07) is 13.0. The van der Waals surface area contributed by atoms with Crippen molar-refractivity contribution in [3.63, 3.8) is 0 Å². The first kappa shape index (κ1) is 10.0. The molecule has 0 unspecified atom stereocenters. The molecule has 1 heteroatoms. The molecule has 1 heterocycles. The molecule has 3 rings (SSSR count). The molecule has 0 radical (unpaired) electrons. The van der Waals surface area contributed by atoms with Gasteiger partial charge in [-0.15, -0.1) is 0 Å². The summed E-state index contributed by atoms with van der Waals surface area (Å²) in [6.07, 6.45) is 0. The number of rotatable bonds is 0. The fourth-order valence-corrected chi connectivity index (χ4v) is 2.19. The second-order valence-corrected chi connectivity index (χ2v) is 3.65. The third kappa shape index (κ3) is 1.48. The van der Waals surface area contributed by atoms with Crippen LogP contribution in [0.5, 0.6) is 0 Å². The third-order valence-electron chi connectivity index (χ3n) is 2.79. The van der Waals surface area contributed by atoms with Gasteiger partial charge in [0.25, 0.3) is 0 Å². The number of benzene rings is 2. The Kier molecular flexibility index (Phi) is 2.63. The minimum absolute atomic E-state index is 1.05. The lowest BCUT2D eigenvalue weighted by Crippen LogP contribution is -2.09. The molecule has 0 aliphatic carbocycles. The van der Waals surface area contributed by atoms with Crippen molar-refractivity contribution >= 4 is 16.5 Å². The summed E-state index contributed by atoms with van der Waals surface area (Å²) < 4.78 is 0. The molecule has 15 heavy (non-hydrogen) atoms. The van der Waals surface area contributed by atoms with Crippen molar-refractivity contribution in [3.05, 3.63) is 42.0 Å². The quantitative estimate of drug-likeness (QED) is 0.623. The van der Waals surface area contributed by atoms with Gasteiger partial charge in [0, 0.05) is 24.7 Å². The fourth-order valence-electron chi connectivity index (χ4n) is 2.19.